The van der Waals surface area contributed by atoms with Crippen molar-refractivity contribution < 1.29 is 9.53 Å². The van der Waals surface area contributed by atoms with Gasteiger partial charge in [0.15, 0.2) is 0 Å². The van der Waals surface area contributed by atoms with E-state index in [9.17, 15) is 4.79 Å². The first kappa shape index (κ1) is 17.2. The van der Waals surface area contributed by atoms with Gasteiger partial charge in [0.2, 0.25) is 0 Å². The fourth-order valence-electron chi connectivity index (χ4n) is 2.97. The number of para-hydroxylation sites is 1. The fourth-order valence-corrected chi connectivity index (χ4v) is 2.97. The Morgan fingerprint density at radius 3 is 2.68 bits per heavy atom. The zero-order valence-corrected chi connectivity index (χ0v) is 14.7. The van der Waals surface area contributed by atoms with Gasteiger partial charge < -0.3 is 19.9 Å². The van der Waals surface area contributed by atoms with Gasteiger partial charge >= 0.3 is 0 Å². The monoisotopic (exact) mass is 340 g/mol. The van der Waals surface area contributed by atoms with E-state index in [1.165, 1.54) is 0 Å². The highest BCUT2D eigenvalue weighted by Gasteiger charge is 2.18. The second-order valence-electron chi connectivity index (χ2n) is 6.16. The van der Waals surface area contributed by atoms with Gasteiger partial charge in [-0.05, 0) is 25.2 Å². The van der Waals surface area contributed by atoms with Crippen LogP contribution in [0.4, 0.5) is 5.82 Å². The van der Waals surface area contributed by atoms with Gasteiger partial charge in [-0.1, -0.05) is 18.2 Å². The van der Waals surface area contributed by atoms with Crippen LogP contribution in [0.5, 0.6) is 5.75 Å². The van der Waals surface area contributed by atoms with E-state index in [2.05, 4.69) is 27.1 Å². The molecule has 1 saturated heterocycles. The van der Waals surface area contributed by atoms with Crippen LogP contribution in [0.1, 0.15) is 15.9 Å². The first-order valence-corrected chi connectivity index (χ1v) is 8.47. The normalized spacial score (nSPS) is 15.0. The number of nitrogens with zero attached hydrogens (tertiary/aromatic N) is 3. The molecule has 0 spiro atoms. The van der Waals surface area contributed by atoms with E-state index in [1.807, 2.05) is 24.3 Å². The summed E-state index contributed by atoms with van der Waals surface area (Å²) in [5, 5.41) is 2.98. The SMILES string of the molecule is COc1ccccc1C(=O)NCc1cccnc1N1CCN(C)CC1. The number of ether oxygens (including phenoxy) is 1. The van der Waals surface area contributed by atoms with E-state index in [0.29, 0.717) is 17.9 Å². The van der Waals surface area contributed by atoms with E-state index in [4.69, 9.17) is 4.74 Å². The van der Waals surface area contributed by atoms with E-state index in [-0.39, 0.29) is 5.91 Å². The summed E-state index contributed by atoms with van der Waals surface area (Å²) in [6.07, 6.45) is 1.80. The van der Waals surface area contributed by atoms with Crippen molar-refractivity contribution in [2.75, 3.05) is 45.2 Å². The summed E-state index contributed by atoms with van der Waals surface area (Å²) in [4.78, 5) is 21.6. The predicted molar refractivity (Wildman–Crippen MR) is 98.1 cm³/mol. The third-order valence-corrected chi connectivity index (χ3v) is 4.46. The van der Waals surface area contributed by atoms with E-state index >= 15 is 0 Å². The minimum Gasteiger partial charge on any atom is -0.496 e. The summed E-state index contributed by atoms with van der Waals surface area (Å²) in [5.41, 5.74) is 1.56. The third kappa shape index (κ3) is 4.09. The molecule has 1 aliphatic rings. The Kier molecular flexibility index (Phi) is 5.50. The van der Waals surface area contributed by atoms with Gasteiger partial charge in [-0.25, -0.2) is 4.98 Å². The number of hydrogen-bond acceptors (Lipinski definition) is 5. The smallest absolute Gasteiger partial charge is 0.255 e. The molecule has 2 aromatic rings. The number of benzene rings is 1. The topological polar surface area (TPSA) is 57.7 Å². The molecule has 1 N–H and O–H groups in total. The third-order valence-electron chi connectivity index (χ3n) is 4.46. The Morgan fingerprint density at radius 2 is 1.92 bits per heavy atom. The maximum atomic E-state index is 12.5. The molecule has 6 nitrogen and oxygen atoms in total. The van der Waals surface area contributed by atoms with Crippen LogP contribution in [0, 0.1) is 0 Å². The van der Waals surface area contributed by atoms with Crippen molar-refractivity contribution in [3.8, 4) is 5.75 Å². The predicted octanol–water partition coefficient (Wildman–Crippen LogP) is 1.77. The Morgan fingerprint density at radius 1 is 1.16 bits per heavy atom. The molecule has 1 fully saturated rings. The summed E-state index contributed by atoms with van der Waals surface area (Å²) in [5.74, 6) is 1.38. The van der Waals surface area contributed by atoms with Crippen LogP contribution in [-0.2, 0) is 6.54 Å². The van der Waals surface area contributed by atoms with Crippen LogP contribution in [0.15, 0.2) is 42.6 Å². The lowest BCUT2D eigenvalue weighted by atomic mass is 10.1. The lowest BCUT2D eigenvalue weighted by Gasteiger charge is -2.34. The number of hydrogen-bond donors (Lipinski definition) is 1. The minimum absolute atomic E-state index is 0.148. The van der Waals surface area contributed by atoms with Crippen LogP contribution < -0.4 is 15.0 Å². The molecule has 3 rings (SSSR count). The van der Waals surface area contributed by atoms with Crippen molar-refractivity contribution in [2.24, 2.45) is 0 Å². The van der Waals surface area contributed by atoms with E-state index in [1.54, 1.807) is 25.4 Å². The molecule has 25 heavy (non-hydrogen) atoms. The van der Waals surface area contributed by atoms with E-state index < -0.39 is 0 Å². The first-order chi connectivity index (χ1) is 12.2. The quantitative estimate of drug-likeness (QED) is 0.899. The van der Waals surface area contributed by atoms with Crippen LogP contribution >= 0.6 is 0 Å². The molecule has 0 aliphatic carbocycles. The average molecular weight is 340 g/mol. The number of carbonyl (C=O) groups excluding carboxylic acids is 1. The standard InChI is InChI=1S/C19H24N4O2/c1-22-10-12-23(13-11-22)18-15(6-5-9-20-18)14-21-19(24)16-7-3-4-8-17(16)25-2/h3-9H,10-14H2,1-2H3,(H,21,24). The van der Waals surface area contributed by atoms with Gasteiger partial charge in [0.1, 0.15) is 11.6 Å². The molecule has 0 saturated carbocycles. The Hall–Kier alpha value is -2.60. The van der Waals surface area contributed by atoms with Crippen molar-refractivity contribution in [1.29, 1.82) is 0 Å². The van der Waals surface area contributed by atoms with Crippen LogP contribution in [0.2, 0.25) is 0 Å². The number of methoxy groups -OCH3 is 1. The summed E-state index contributed by atoms with van der Waals surface area (Å²) in [6.45, 7) is 4.36. The molecule has 2 heterocycles. The van der Waals surface area contributed by atoms with Gasteiger partial charge in [0.05, 0.1) is 12.7 Å². The molecule has 0 radical (unpaired) electrons. The van der Waals surface area contributed by atoms with Crippen molar-refractivity contribution >= 4 is 11.7 Å². The molecule has 1 aliphatic heterocycles. The highest BCUT2D eigenvalue weighted by atomic mass is 16.5. The molecule has 132 valence electrons. The second-order valence-corrected chi connectivity index (χ2v) is 6.16. The average Bonchev–Trinajstić information content (AvgIpc) is 2.67. The maximum Gasteiger partial charge on any atom is 0.255 e. The lowest BCUT2D eigenvalue weighted by Crippen LogP contribution is -2.45. The molecule has 1 aromatic heterocycles. The number of nitrogens with one attached hydrogen (secondary N) is 1. The molecule has 6 heteroatoms. The number of piperazine rings is 1. The lowest BCUT2D eigenvalue weighted by molar-refractivity contribution is 0.0948. The van der Waals surface area contributed by atoms with Gasteiger partial charge in [-0.2, -0.15) is 0 Å². The summed E-state index contributed by atoms with van der Waals surface area (Å²) >= 11 is 0. The van der Waals surface area contributed by atoms with Gasteiger partial charge in [0.25, 0.3) is 5.91 Å². The largest absolute Gasteiger partial charge is 0.496 e. The van der Waals surface area contributed by atoms with Crippen LogP contribution in [0.25, 0.3) is 0 Å². The summed E-state index contributed by atoms with van der Waals surface area (Å²) in [6, 6.07) is 11.2. The summed E-state index contributed by atoms with van der Waals surface area (Å²) in [7, 11) is 3.70. The fraction of sp³-hybridized carbons (Fsp3) is 0.368. The highest BCUT2D eigenvalue weighted by molar-refractivity contribution is 5.96. The van der Waals surface area contributed by atoms with Gasteiger partial charge in [-0.15, -0.1) is 0 Å². The zero-order valence-electron chi connectivity index (χ0n) is 14.7. The molecule has 1 amide bonds. The Bertz CT molecular complexity index is 727. The molecule has 0 bridgehead atoms. The van der Waals surface area contributed by atoms with Gasteiger partial charge in [-0.3, -0.25) is 4.79 Å². The maximum absolute atomic E-state index is 12.5. The van der Waals surface area contributed by atoms with E-state index in [0.717, 1.165) is 37.6 Å². The Balaban J connectivity index is 1.70. The number of likely N-dealkylation sites (N-methyl/N-ethyl adjacent to an activating group) is 1. The number of anilines is 1. The van der Waals surface area contributed by atoms with Crippen molar-refractivity contribution in [2.45, 2.75) is 6.54 Å². The highest BCUT2D eigenvalue weighted by Crippen LogP contribution is 2.20. The van der Waals surface area contributed by atoms with Crippen LogP contribution in [-0.4, -0.2) is 56.1 Å². The molecule has 0 atom stereocenters. The van der Waals surface area contributed by atoms with Crippen molar-refractivity contribution in [3.63, 3.8) is 0 Å². The number of amides is 1. The molecular formula is C19H24N4O2. The Labute approximate surface area is 148 Å². The van der Waals surface area contributed by atoms with Crippen molar-refractivity contribution in [1.82, 2.24) is 15.2 Å². The number of carbonyl (C=O) groups is 1. The number of aromatic nitrogens is 1. The first-order valence-electron chi connectivity index (χ1n) is 8.47. The number of rotatable bonds is 5. The van der Waals surface area contributed by atoms with Crippen LogP contribution in [0.3, 0.4) is 0 Å². The minimum atomic E-state index is -0.148. The summed E-state index contributed by atoms with van der Waals surface area (Å²) < 4.78 is 5.26. The second kappa shape index (κ2) is 7.98. The molecular weight excluding hydrogens is 316 g/mol. The number of pyridine rings is 1. The van der Waals surface area contributed by atoms with Crippen molar-refractivity contribution in [3.05, 3.63) is 53.7 Å². The molecule has 1 aromatic carbocycles. The molecule has 0 unspecified atom stereocenters. The zero-order chi connectivity index (χ0) is 17.6. The van der Waals surface area contributed by atoms with Gasteiger partial charge in [0, 0.05) is 44.5 Å².